The van der Waals surface area contributed by atoms with Gasteiger partial charge in [0.2, 0.25) is 0 Å². The van der Waals surface area contributed by atoms with E-state index in [0.29, 0.717) is 5.92 Å². The number of thiophene rings is 1. The molecule has 1 fully saturated rings. The molecule has 4 rings (SSSR count). The van der Waals surface area contributed by atoms with Crippen molar-refractivity contribution in [2.24, 2.45) is 4.99 Å². The number of hydrogen-bond acceptors (Lipinski definition) is 4. The summed E-state index contributed by atoms with van der Waals surface area (Å²) in [7, 11) is 3.60. The average Bonchev–Trinajstić information content (AvgIpc) is 3.40. The molecule has 7 heteroatoms. The van der Waals surface area contributed by atoms with Crippen molar-refractivity contribution in [2.75, 3.05) is 46.9 Å². The Labute approximate surface area is 195 Å². The summed E-state index contributed by atoms with van der Waals surface area (Å²) in [5, 5.41) is 5.81. The van der Waals surface area contributed by atoms with E-state index in [1.807, 2.05) is 18.4 Å². The zero-order valence-corrected chi connectivity index (χ0v) is 20.4. The predicted molar refractivity (Wildman–Crippen MR) is 132 cm³/mol. The maximum absolute atomic E-state index is 5.27. The van der Waals surface area contributed by atoms with E-state index in [0.717, 1.165) is 51.0 Å². The van der Waals surface area contributed by atoms with Gasteiger partial charge in [0.1, 0.15) is 5.75 Å². The SMILES string of the molecule is CN=C(NCCN1CCc2sccc2C1)N1CCC(c2ccc(OC)cc2)C1.I. The predicted octanol–water partition coefficient (Wildman–Crippen LogP) is 3.80. The molecule has 2 aliphatic rings. The molecule has 1 unspecified atom stereocenters. The van der Waals surface area contributed by atoms with Crippen LogP contribution in [0.3, 0.4) is 0 Å². The van der Waals surface area contributed by atoms with Crippen molar-refractivity contribution < 1.29 is 4.74 Å². The van der Waals surface area contributed by atoms with Crippen LogP contribution < -0.4 is 10.1 Å². The van der Waals surface area contributed by atoms with Crippen molar-refractivity contribution >= 4 is 41.3 Å². The van der Waals surface area contributed by atoms with Crippen LogP contribution >= 0.6 is 35.3 Å². The van der Waals surface area contributed by atoms with E-state index in [1.54, 1.807) is 12.0 Å². The van der Waals surface area contributed by atoms with Crippen molar-refractivity contribution in [3.05, 3.63) is 51.7 Å². The van der Waals surface area contributed by atoms with Crippen LogP contribution in [0.1, 0.15) is 28.3 Å². The molecule has 1 N–H and O–H groups in total. The van der Waals surface area contributed by atoms with Crippen molar-refractivity contribution in [2.45, 2.75) is 25.3 Å². The van der Waals surface area contributed by atoms with Crippen LogP contribution in [0.25, 0.3) is 0 Å². The van der Waals surface area contributed by atoms with Gasteiger partial charge in [0.25, 0.3) is 0 Å². The zero-order chi connectivity index (χ0) is 19.3. The number of rotatable bonds is 5. The van der Waals surface area contributed by atoms with E-state index >= 15 is 0 Å². The molecule has 0 amide bonds. The number of halogens is 1. The van der Waals surface area contributed by atoms with Crippen LogP contribution in [0.5, 0.6) is 5.75 Å². The Morgan fingerprint density at radius 1 is 1.24 bits per heavy atom. The number of hydrogen-bond donors (Lipinski definition) is 1. The van der Waals surface area contributed by atoms with Gasteiger partial charge in [-0.25, -0.2) is 0 Å². The molecule has 0 spiro atoms. The maximum Gasteiger partial charge on any atom is 0.193 e. The fourth-order valence-electron chi connectivity index (χ4n) is 4.26. The van der Waals surface area contributed by atoms with Crippen LogP contribution in [0.2, 0.25) is 0 Å². The molecule has 0 saturated carbocycles. The summed E-state index contributed by atoms with van der Waals surface area (Å²) in [5.74, 6) is 2.51. The van der Waals surface area contributed by atoms with Crippen LogP contribution in [-0.4, -0.2) is 62.6 Å². The highest BCUT2D eigenvalue weighted by molar-refractivity contribution is 14.0. The summed E-state index contributed by atoms with van der Waals surface area (Å²) in [4.78, 5) is 11.0. The molecule has 1 aromatic carbocycles. The number of guanidine groups is 1. The Balaban J connectivity index is 0.00000240. The Hall–Kier alpha value is -1.32. The molecule has 158 valence electrons. The van der Waals surface area contributed by atoms with Crippen molar-refractivity contribution in [3.8, 4) is 5.75 Å². The van der Waals surface area contributed by atoms with Crippen LogP contribution in [0.15, 0.2) is 40.7 Å². The van der Waals surface area contributed by atoms with Crippen molar-refractivity contribution in [3.63, 3.8) is 0 Å². The van der Waals surface area contributed by atoms with E-state index in [2.05, 4.69) is 55.8 Å². The first-order chi connectivity index (χ1) is 13.8. The molecular weight excluding hydrogens is 495 g/mol. The van der Waals surface area contributed by atoms with Gasteiger partial charge in [-0.15, -0.1) is 35.3 Å². The highest BCUT2D eigenvalue weighted by atomic mass is 127. The van der Waals surface area contributed by atoms with Gasteiger partial charge in [0.05, 0.1) is 7.11 Å². The summed E-state index contributed by atoms with van der Waals surface area (Å²) < 4.78 is 5.27. The minimum Gasteiger partial charge on any atom is -0.497 e. The summed E-state index contributed by atoms with van der Waals surface area (Å²) in [5.41, 5.74) is 2.90. The molecule has 1 atom stereocenters. The molecule has 2 aliphatic heterocycles. The third-order valence-electron chi connectivity index (χ3n) is 5.88. The molecule has 3 heterocycles. The molecule has 1 saturated heterocycles. The number of methoxy groups -OCH3 is 1. The number of fused-ring (bicyclic) bond motifs is 1. The topological polar surface area (TPSA) is 40.1 Å². The highest BCUT2D eigenvalue weighted by Gasteiger charge is 2.26. The molecule has 1 aromatic heterocycles. The Morgan fingerprint density at radius 2 is 2.07 bits per heavy atom. The van der Waals surface area contributed by atoms with Gasteiger partial charge in [-0.05, 0) is 47.5 Å². The standard InChI is InChI=1S/C22H30N4OS.HI/c1-23-22(24-10-13-25-11-8-21-19(15-25)9-14-28-21)26-12-7-18(16-26)17-3-5-20(27-2)6-4-17;/h3-6,9,14,18H,7-8,10-13,15-16H2,1-2H3,(H,23,24);1H. The van der Waals surface area contributed by atoms with Crippen LogP contribution in [0.4, 0.5) is 0 Å². The van der Waals surface area contributed by atoms with E-state index < -0.39 is 0 Å². The zero-order valence-electron chi connectivity index (χ0n) is 17.3. The van der Waals surface area contributed by atoms with Gasteiger partial charge < -0.3 is 15.0 Å². The fraction of sp³-hybridized carbons (Fsp3) is 0.500. The first-order valence-corrected chi connectivity index (χ1v) is 11.0. The Morgan fingerprint density at radius 3 is 2.83 bits per heavy atom. The second-order valence-corrected chi connectivity index (χ2v) is 8.57. The normalized spacial score (nSPS) is 19.6. The maximum atomic E-state index is 5.27. The number of likely N-dealkylation sites (tertiary alicyclic amines) is 1. The van der Waals surface area contributed by atoms with Gasteiger partial charge >= 0.3 is 0 Å². The second kappa shape index (κ2) is 10.6. The lowest BCUT2D eigenvalue weighted by molar-refractivity contribution is 0.259. The molecular formula is C22H31IN4OS. The van der Waals surface area contributed by atoms with Gasteiger partial charge in [0, 0.05) is 57.1 Å². The van der Waals surface area contributed by atoms with E-state index in [1.165, 1.54) is 24.0 Å². The molecule has 29 heavy (non-hydrogen) atoms. The lowest BCUT2D eigenvalue weighted by atomic mass is 9.98. The van der Waals surface area contributed by atoms with Crippen LogP contribution in [-0.2, 0) is 13.0 Å². The largest absolute Gasteiger partial charge is 0.497 e. The monoisotopic (exact) mass is 526 g/mol. The first-order valence-electron chi connectivity index (χ1n) is 10.1. The van der Waals surface area contributed by atoms with Gasteiger partial charge in [-0.2, -0.15) is 0 Å². The Kier molecular flexibility index (Phi) is 8.20. The number of benzene rings is 1. The lowest BCUT2D eigenvalue weighted by Gasteiger charge is -2.28. The minimum absolute atomic E-state index is 0. The summed E-state index contributed by atoms with van der Waals surface area (Å²) in [6, 6.07) is 10.8. The minimum atomic E-state index is 0. The second-order valence-electron chi connectivity index (χ2n) is 7.57. The smallest absolute Gasteiger partial charge is 0.193 e. The third-order valence-corrected chi connectivity index (χ3v) is 6.91. The van der Waals surface area contributed by atoms with Gasteiger partial charge in [0.15, 0.2) is 5.96 Å². The lowest BCUT2D eigenvalue weighted by Crippen LogP contribution is -2.44. The summed E-state index contributed by atoms with van der Waals surface area (Å²) >= 11 is 1.90. The van der Waals surface area contributed by atoms with Crippen LogP contribution in [0, 0.1) is 0 Å². The number of nitrogens with zero attached hydrogens (tertiary/aromatic N) is 3. The summed E-state index contributed by atoms with van der Waals surface area (Å²) in [6.45, 7) is 6.33. The molecule has 0 bridgehead atoms. The highest BCUT2D eigenvalue weighted by Crippen LogP contribution is 2.28. The fourth-order valence-corrected chi connectivity index (χ4v) is 5.15. The Bertz CT molecular complexity index is 807. The third kappa shape index (κ3) is 5.44. The first kappa shape index (κ1) is 22.4. The molecule has 5 nitrogen and oxygen atoms in total. The molecule has 2 aromatic rings. The molecule has 0 radical (unpaired) electrons. The molecule has 0 aliphatic carbocycles. The van der Waals surface area contributed by atoms with E-state index in [-0.39, 0.29) is 24.0 Å². The van der Waals surface area contributed by atoms with Gasteiger partial charge in [-0.1, -0.05) is 12.1 Å². The van der Waals surface area contributed by atoms with Gasteiger partial charge in [-0.3, -0.25) is 9.89 Å². The average molecular weight is 526 g/mol. The van der Waals surface area contributed by atoms with E-state index in [9.17, 15) is 0 Å². The number of aliphatic imine (C=N–C) groups is 1. The number of nitrogens with one attached hydrogen (secondary N) is 1. The van der Waals surface area contributed by atoms with Crippen molar-refractivity contribution in [1.82, 2.24) is 15.1 Å². The number of ether oxygens (including phenoxy) is 1. The summed E-state index contributed by atoms with van der Waals surface area (Å²) in [6.07, 6.45) is 2.36. The van der Waals surface area contributed by atoms with E-state index in [4.69, 9.17) is 4.74 Å². The van der Waals surface area contributed by atoms with Crippen molar-refractivity contribution in [1.29, 1.82) is 0 Å². The quantitative estimate of drug-likeness (QED) is 0.366.